The van der Waals surface area contributed by atoms with Gasteiger partial charge in [0.15, 0.2) is 22.5 Å². The second-order valence-corrected chi connectivity index (χ2v) is 8.51. The fraction of sp³-hybridized carbons (Fsp3) is 0.130. The summed E-state index contributed by atoms with van der Waals surface area (Å²) in [5.74, 6) is 2.73. The molecule has 9 nitrogen and oxygen atoms in total. The molecule has 0 aliphatic carbocycles. The van der Waals surface area contributed by atoms with Crippen LogP contribution in [0.5, 0.6) is 17.2 Å². The molecule has 1 aliphatic rings. The first-order chi connectivity index (χ1) is 16.6. The molecule has 11 heteroatoms. The van der Waals surface area contributed by atoms with E-state index in [4.69, 9.17) is 25.8 Å². The Morgan fingerprint density at radius 1 is 1.06 bits per heavy atom. The molecule has 34 heavy (non-hydrogen) atoms. The smallest absolute Gasteiger partial charge is 0.274 e. The van der Waals surface area contributed by atoms with E-state index in [2.05, 4.69) is 10.2 Å². The lowest BCUT2D eigenvalue weighted by Crippen LogP contribution is -2.06. The molecule has 0 fully saturated rings. The summed E-state index contributed by atoms with van der Waals surface area (Å²) in [6.45, 7) is 0.333. The van der Waals surface area contributed by atoms with Gasteiger partial charge in [0.25, 0.3) is 5.69 Å². The largest absolute Gasteiger partial charge is 0.485 e. The molecule has 1 aromatic heterocycles. The molecule has 3 aromatic carbocycles. The summed E-state index contributed by atoms with van der Waals surface area (Å²) in [7, 11) is 0. The number of rotatable bonds is 8. The van der Waals surface area contributed by atoms with Crippen LogP contribution >= 0.6 is 23.4 Å². The predicted octanol–water partition coefficient (Wildman–Crippen LogP) is 5.43. The molecule has 0 atom stereocenters. The molecule has 2 heterocycles. The van der Waals surface area contributed by atoms with Crippen molar-refractivity contribution in [3.8, 4) is 22.9 Å². The predicted molar refractivity (Wildman–Crippen MR) is 126 cm³/mol. The molecular weight excluding hydrogens is 480 g/mol. The Labute approximate surface area is 203 Å². The van der Waals surface area contributed by atoms with Gasteiger partial charge in [-0.2, -0.15) is 0 Å². The molecular formula is C23H17ClN4O5S. The Balaban J connectivity index is 1.41. The van der Waals surface area contributed by atoms with Crippen LogP contribution in [-0.2, 0) is 12.4 Å². The summed E-state index contributed by atoms with van der Waals surface area (Å²) in [5, 5.41) is 21.0. The fourth-order valence-electron chi connectivity index (χ4n) is 3.44. The van der Waals surface area contributed by atoms with Gasteiger partial charge in [0.2, 0.25) is 6.79 Å². The number of nitrogens with zero attached hydrogens (tertiary/aromatic N) is 4. The number of nitro benzene ring substituents is 1. The first-order valence-corrected chi connectivity index (χ1v) is 11.5. The first kappa shape index (κ1) is 22.1. The lowest BCUT2D eigenvalue weighted by Gasteiger charge is -2.12. The summed E-state index contributed by atoms with van der Waals surface area (Å²) in [4.78, 5) is 11.0. The van der Waals surface area contributed by atoms with Crippen LogP contribution in [0, 0.1) is 10.1 Å². The molecule has 0 N–H and O–H groups in total. The van der Waals surface area contributed by atoms with E-state index in [0.717, 1.165) is 5.69 Å². The summed E-state index contributed by atoms with van der Waals surface area (Å²) in [5.41, 5.74) is 1.24. The normalized spacial score (nSPS) is 12.0. The number of fused-ring (bicyclic) bond motifs is 1. The van der Waals surface area contributed by atoms with Gasteiger partial charge in [0.1, 0.15) is 12.4 Å². The summed E-state index contributed by atoms with van der Waals surface area (Å²) in [6, 6.07) is 19.6. The van der Waals surface area contributed by atoms with Crippen LogP contribution in [0.25, 0.3) is 5.69 Å². The zero-order valence-corrected chi connectivity index (χ0v) is 19.2. The van der Waals surface area contributed by atoms with E-state index >= 15 is 0 Å². The number of halogens is 1. The second kappa shape index (κ2) is 9.62. The van der Waals surface area contributed by atoms with E-state index < -0.39 is 4.92 Å². The van der Waals surface area contributed by atoms with Crippen molar-refractivity contribution in [3.63, 3.8) is 0 Å². The van der Waals surface area contributed by atoms with Crippen molar-refractivity contribution in [2.45, 2.75) is 17.5 Å². The Morgan fingerprint density at radius 2 is 1.88 bits per heavy atom. The standard InChI is InChI=1S/C23H17ClN4O5S/c24-18-7-4-8-19(28(29)30)17(18)13-34-23-26-25-22(27(23)15-5-2-1-3-6-15)12-31-16-9-10-20-21(11-16)33-14-32-20/h1-11H,12-14H2. The number of hydrogen-bond donors (Lipinski definition) is 0. The highest BCUT2D eigenvalue weighted by atomic mass is 35.5. The molecule has 0 saturated heterocycles. The average Bonchev–Trinajstić information content (AvgIpc) is 3.48. The number of nitro groups is 1. The minimum Gasteiger partial charge on any atom is -0.485 e. The van der Waals surface area contributed by atoms with Gasteiger partial charge in [0, 0.05) is 23.6 Å². The Hall–Kier alpha value is -3.76. The monoisotopic (exact) mass is 496 g/mol. The van der Waals surface area contributed by atoms with Crippen LogP contribution in [0.15, 0.2) is 71.9 Å². The van der Waals surface area contributed by atoms with Crippen LogP contribution in [0.3, 0.4) is 0 Å². The molecule has 172 valence electrons. The van der Waals surface area contributed by atoms with Gasteiger partial charge in [-0.1, -0.05) is 47.6 Å². The van der Waals surface area contributed by atoms with E-state index in [-0.39, 0.29) is 24.8 Å². The van der Waals surface area contributed by atoms with Crippen LogP contribution in [0.4, 0.5) is 5.69 Å². The molecule has 5 rings (SSSR count). The van der Waals surface area contributed by atoms with Gasteiger partial charge in [0.05, 0.1) is 15.5 Å². The van der Waals surface area contributed by atoms with Crippen molar-refractivity contribution in [1.29, 1.82) is 0 Å². The lowest BCUT2D eigenvalue weighted by atomic mass is 10.2. The molecule has 0 unspecified atom stereocenters. The molecule has 4 aromatic rings. The van der Waals surface area contributed by atoms with Crippen molar-refractivity contribution < 1.29 is 19.1 Å². The maximum Gasteiger partial charge on any atom is 0.274 e. The maximum atomic E-state index is 11.4. The Morgan fingerprint density at radius 3 is 2.71 bits per heavy atom. The van der Waals surface area contributed by atoms with E-state index in [1.807, 2.05) is 34.9 Å². The highest BCUT2D eigenvalue weighted by Gasteiger charge is 2.21. The Bertz CT molecular complexity index is 1350. The highest BCUT2D eigenvalue weighted by Crippen LogP contribution is 2.36. The molecule has 0 bridgehead atoms. The van der Waals surface area contributed by atoms with Gasteiger partial charge in [-0.25, -0.2) is 0 Å². The van der Waals surface area contributed by atoms with Crippen molar-refractivity contribution >= 4 is 29.1 Å². The van der Waals surface area contributed by atoms with Crippen LogP contribution in [-0.4, -0.2) is 26.5 Å². The molecule has 0 amide bonds. The topological polar surface area (TPSA) is 102 Å². The number of ether oxygens (including phenoxy) is 3. The maximum absolute atomic E-state index is 11.4. The van der Waals surface area contributed by atoms with Crippen molar-refractivity contribution in [1.82, 2.24) is 14.8 Å². The summed E-state index contributed by atoms with van der Waals surface area (Å²) < 4.78 is 18.5. The Kier molecular flexibility index (Phi) is 6.24. The van der Waals surface area contributed by atoms with E-state index in [1.54, 1.807) is 30.3 Å². The quantitative estimate of drug-likeness (QED) is 0.181. The van der Waals surface area contributed by atoms with Gasteiger partial charge in [-0.05, 0) is 30.3 Å². The lowest BCUT2D eigenvalue weighted by molar-refractivity contribution is -0.385. The van der Waals surface area contributed by atoms with Gasteiger partial charge in [-0.3, -0.25) is 14.7 Å². The number of para-hydroxylation sites is 1. The van der Waals surface area contributed by atoms with E-state index in [9.17, 15) is 10.1 Å². The number of hydrogen-bond acceptors (Lipinski definition) is 8. The van der Waals surface area contributed by atoms with Crippen molar-refractivity contribution in [2.75, 3.05) is 6.79 Å². The summed E-state index contributed by atoms with van der Waals surface area (Å²) >= 11 is 7.57. The third-order valence-corrected chi connectivity index (χ3v) is 6.37. The minimum absolute atomic E-state index is 0.0304. The SMILES string of the molecule is O=[N+]([O-])c1cccc(Cl)c1CSc1nnc(COc2ccc3c(c2)OCO3)n1-c1ccccc1. The number of aromatic nitrogens is 3. The highest BCUT2D eigenvalue weighted by molar-refractivity contribution is 7.98. The van der Waals surface area contributed by atoms with Crippen LogP contribution in [0.2, 0.25) is 5.02 Å². The third kappa shape index (κ3) is 4.50. The van der Waals surface area contributed by atoms with Crippen LogP contribution < -0.4 is 14.2 Å². The first-order valence-electron chi connectivity index (χ1n) is 10.2. The van der Waals surface area contributed by atoms with Crippen LogP contribution in [0.1, 0.15) is 11.4 Å². The number of benzene rings is 3. The molecule has 0 radical (unpaired) electrons. The molecule has 0 spiro atoms. The summed E-state index contributed by atoms with van der Waals surface area (Å²) in [6.07, 6.45) is 0. The average molecular weight is 497 g/mol. The molecule has 0 saturated carbocycles. The van der Waals surface area contributed by atoms with Crippen molar-refractivity contribution in [3.05, 3.63) is 93.3 Å². The zero-order chi connectivity index (χ0) is 23.5. The van der Waals surface area contributed by atoms with E-state index in [1.165, 1.54) is 17.8 Å². The van der Waals surface area contributed by atoms with E-state index in [0.29, 0.717) is 38.8 Å². The van der Waals surface area contributed by atoms with Gasteiger partial charge >= 0.3 is 0 Å². The second-order valence-electron chi connectivity index (χ2n) is 7.16. The van der Waals surface area contributed by atoms with Crippen molar-refractivity contribution in [2.24, 2.45) is 0 Å². The fourth-order valence-corrected chi connectivity index (χ4v) is 4.77. The third-order valence-electron chi connectivity index (χ3n) is 5.06. The minimum atomic E-state index is -0.436. The molecule has 1 aliphatic heterocycles. The number of thioether (sulfide) groups is 1. The zero-order valence-electron chi connectivity index (χ0n) is 17.6. The van der Waals surface area contributed by atoms with Gasteiger partial charge < -0.3 is 14.2 Å². The van der Waals surface area contributed by atoms with Gasteiger partial charge in [-0.15, -0.1) is 10.2 Å².